The van der Waals surface area contributed by atoms with Crippen LogP contribution in [0.5, 0.6) is 5.75 Å². The maximum atomic E-state index is 14.3. The van der Waals surface area contributed by atoms with Crippen LogP contribution in [0.2, 0.25) is 5.02 Å². The van der Waals surface area contributed by atoms with Gasteiger partial charge in [0.25, 0.3) is 5.91 Å². The molecule has 36 heavy (non-hydrogen) atoms. The van der Waals surface area contributed by atoms with Crippen molar-refractivity contribution in [2.24, 2.45) is 7.05 Å². The van der Waals surface area contributed by atoms with Gasteiger partial charge >= 0.3 is 0 Å². The van der Waals surface area contributed by atoms with Crippen LogP contribution in [0, 0.1) is 12.7 Å². The predicted octanol–water partition coefficient (Wildman–Crippen LogP) is 5.26. The van der Waals surface area contributed by atoms with Gasteiger partial charge in [-0.1, -0.05) is 23.7 Å². The highest BCUT2D eigenvalue weighted by Gasteiger charge is 2.27. The van der Waals surface area contributed by atoms with Crippen LogP contribution in [0.15, 0.2) is 48.7 Å². The smallest absolute Gasteiger partial charge is 0.251 e. The molecule has 0 spiro atoms. The lowest BCUT2D eigenvalue weighted by Gasteiger charge is -2.23. The zero-order valence-corrected chi connectivity index (χ0v) is 21.5. The number of carbonyl (C=O) groups is 1. The van der Waals surface area contributed by atoms with Gasteiger partial charge in [-0.25, -0.2) is 9.37 Å². The number of para-hydroxylation sites is 1. The summed E-state index contributed by atoms with van der Waals surface area (Å²) >= 11 is 6.42. The first-order chi connectivity index (χ1) is 17.0. The molecule has 2 aromatic carbocycles. The van der Waals surface area contributed by atoms with Gasteiger partial charge in [0, 0.05) is 35.5 Å². The van der Waals surface area contributed by atoms with Crippen LogP contribution in [-0.4, -0.2) is 31.4 Å². The normalized spacial score (nSPS) is 12.6. The minimum atomic E-state index is -1.58. The van der Waals surface area contributed by atoms with Crippen LogP contribution in [0.3, 0.4) is 0 Å². The number of ether oxygens (including phenoxy) is 1. The minimum absolute atomic E-state index is 0.0208. The quantitative estimate of drug-likeness (QED) is 0.354. The fourth-order valence-electron chi connectivity index (χ4n) is 4.08. The van der Waals surface area contributed by atoms with E-state index in [2.05, 4.69) is 10.4 Å². The minimum Gasteiger partial charge on any atom is -0.487 e. The number of fused-ring (bicyclic) bond motifs is 1. The van der Waals surface area contributed by atoms with Crippen molar-refractivity contribution < 1.29 is 19.0 Å². The Morgan fingerprint density at radius 1 is 1.28 bits per heavy atom. The fraction of sp³-hybridized carbons (Fsp3) is 0.296. The second kappa shape index (κ2) is 9.87. The molecule has 9 heteroatoms. The summed E-state index contributed by atoms with van der Waals surface area (Å²) in [7, 11) is 1.88. The third-order valence-corrected chi connectivity index (χ3v) is 6.30. The van der Waals surface area contributed by atoms with E-state index in [0.717, 1.165) is 22.3 Å². The average molecular weight is 511 g/mol. The van der Waals surface area contributed by atoms with Crippen molar-refractivity contribution in [1.29, 1.82) is 0 Å². The van der Waals surface area contributed by atoms with Crippen molar-refractivity contribution in [2.75, 3.05) is 0 Å². The Hall–Kier alpha value is -3.49. The summed E-state index contributed by atoms with van der Waals surface area (Å²) in [4.78, 5) is 17.0. The molecule has 2 heterocycles. The van der Waals surface area contributed by atoms with Gasteiger partial charge in [0.05, 0.1) is 16.8 Å². The van der Waals surface area contributed by atoms with Crippen molar-refractivity contribution in [3.05, 3.63) is 76.3 Å². The number of aromatic nitrogens is 3. The molecular formula is C27H28ClFN4O3. The van der Waals surface area contributed by atoms with E-state index < -0.39 is 23.4 Å². The SMILES string of the molecule is Cc1cc(-c2ccnn2C)c2cccc(OCc3c(Cl)cc(F)cc3[C@H](C)NC(=O)C(C)(C)O)c2n1. The Morgan fingerprint density at radius 3 is 2.69 bits per heavy atom. The topological polar surface area (TPSA) is 89.3 Å². The summed E-state index contributed by atoms with van der Waals surface area (Å²) in [5.74, 6) is -0.579. The van der Waals surface area contributed by atoms with E-state index in [1.54, 1.807) is 17.8 Å². The first-order valence-electron chi connectivity index (χ1n) is 11.5. The Balaban J connectivity index is 1.70. The van der Waals surface area contributed by atoms with Crippen LogP contribution in [0.1, 0.15) is 43.6 Å². The van der Waals surface area contributed by atoms with E-state index in [0.29, 0.717) is 22.4 Å². The molecule has 0 unspecified atom stereocenters. The zero-order chi connectivity index (χ0) is 26.2. The third kappa shape index (κ3) is 5.20. The number of rotatable bonds is 7. The fourth-order valence-corrected chi connectivity index (χ4v) is 4.35. The second-order valence-electron chi connectivity index (χ2n) is 9.30. The standard InChI is InChI=1S/C27H28ClFN4O3/c1-15-11-20(23-9-10-30-33(23)5)18-7-6-8-24(25(18)31-15)36-14-21-19(12-17(29)13-22(21)28)16(2)32-26(34)27(3,4)35/h6-13,16,35H,14H2,1-5H3,(H,32,34)/t16-/m0/s1. The molecule has 0 bridgehead atoms. The second-order valence-corrected chi connectivity index (χ2v) is 9.71. The number of hydrogen-bond acceptors (Lipinski definition) is 5. The van der Waals surface area contributed by atoms with Gasteiger partial charge in [-0.2, -0.15) is 5.10 Å². The van der Waals surface area contributed by atoms with Gasteiger partial charge in [0.15, 0.2) is 0 Å². The first-order valence-corrected chi connectivity index (χ1v) is 11.9. The van der Waals surface area contributed by atoms with Crippen LogP contribution >= 0.6 is 11.6 Å². The number of benzene rings is 2. The first kappa shape index (κ1) is 25.6. The third-order valence-electron chi connectivity index (χ3n) is 5.96. The Kier molecular flexibility index (Phi) is 7.02. The molecule has 7 nitrogen and oxygen atoms in total. The number of halogens is 2. The average Bonchev–Trinajstić information content (AvgIpc) is 3.22. The van der Waals surface area contributed by atoms with Gasteiger partial charge in [0.1, 0.15) is 29.3 Å². The molecule has 0 saturated heterocycles. The van der Waals surface area contributed by atoms with Gasteiger partial charge in [-0.3, -0.25) is 9.48 Å². The summed E-state index contributed by atoms with van der Waals surface area (Å²) in [5, 5.41) is 18.1. The summed E-state index contributed by atoms with van der Waals surface area (Å²) in [6.07, 6.45) is 1.74. The molecule has 0 radical (unpaired) electrons. The van der Waals surface area contributed by atoms with Gasteiger partial charge in [-0.15, -0.1) is 0 Å². The molecular weight excluding hydrogens is 483 g/mol. The maximum absolute atomic E-state index is 14.3. The van der Waals surface area contributed by atoms with Gasteiger partial charge < -0.3 is 15.2 Å². The molecule has 188 valence electrons. The molecule has 0 saturated carbocycles. The van der Waals surface area contributed by atoms with E-state index in [9.17, 15) is 14.3 Å². The van der Waals surface area contributed by atoms with Crippen molar-refractivity contribution in [1.82, 2.24) is 20.1 Å². The van der Waals surface area contributed by atoms with Crippen LogP contribution in [0.4, 0.5) is 4.39 Å². The predicted molar refractivity (Wildman–Crippen MR) is 137 cm³/mol. The number of carbonyl (C=O) groups excluding carboxylic acids is 1. The summed E-state index contributed by atoms with van der Waals surface area (Å²) in [6.45, 7) is 6.39. The lowest BCUT2D eigenvalue weighted by molar-refractivity contribution is -0.137. The molecule has 4 aromatic rings. The van der Waals surface area contributed by atoms with E-state index in [1.807, 2.05) is 44.3 Å². The molecule has 1 atom stereocenters. The Labute approximate surface area is 213 Å². The van der Waals surface area contributed by atoms with E-state index in [-0.39, 0.29) is 11.6 Å². The van der Waals surface area contributed by atoms with Crippen LogP contribution in [0.25, 0.3) is 22.2 Å². The van der Waals surface area contributed by atoms with Crippen molar-refractivity contribution >= 4 is 28.4 Å². The van der Waals surface area contributed by atoms with Crippen molar-refractivity contribution in [3.8, 4) is 17.0 Å². The van der Waals surface area contributed by atoms with E-state index >= 15 is 0 Å². The Morgan fingerprint density at radius 2 is 2.03 bits per heavy atom. The van der Waals surface area contributed by atoms with Crippen LogP contribution in [-0.2, 0) is 18.4 Å². The summed E-state index contributed by atoms with van der Waals surface area (Å²) in [5.41, 5.74) is 2.82. The molecule has 0 aliphatic rings. The highest BCUT2D eigenvalue weighted by Crippen LogP contribution is 2.34. The number of aliphatic hydroxyl groups is 1. The maximum Gasteiger partial charge on any atom is 0.251 e. The molecule has 2 N–H and O–H groups in total. The number of amides is 1. The summed E-state index contributed by atoms with van der Waals surface area (Å²) < 4.78 is 22.3. The number of pyridine rings is 1. The number of nitrogens with one attached hydrogen (secondary N) is 1. The molecule has 1 amide bonds. The summed E-state index contributed by atoms with van der Waals surface area (Å²) in [6, 6.07) is 11.5. The Bertz CT molecular complexity index is 1450. The van der Waals surface area contributed by atoms with E-state index in [1.165, 1.54) is 26.0 Å². The molecule has 0 aliphatic carbocycles. The highest BCUT2D eigenvalue weighted by molar-refractivity contribution is 6.31. The van der Waals surface area contributed by atoms with E-state index in [4.69, 9.17) is 21.3 Å². The lowest BCUT2D eigenvalue weighted by atomic mass is 10.00. The van der Waals surface area contributed by atoms with Crippen molar-refractivity contribution in [3.63, 3.8) is 0 Å². The molecule has 4 rings (SSSR count). The van der Waals surface area contributed by atoms with Crippen molar-refractivity contribution in [2.45, 2.75) is 45.9 Å². The molecule has 0 aliphatic heterocycles. The van der Waals surface area contributed by atoms with Gasteiger partial charge in [-0.05, 0) is 63.6 Å². The largest absolute Gasteiger partial charge is 0.487 e. The highest BCUT2D eigenvalue weighted by atomic mass is 35.5. The number of hydrogen-bond donors (Lipinski definition) is 2. The number of nitrogens with zero attached hydrogens (tertiary/aromatic N) is 3. The zero-order valence-electron chi connectivity index (χ0n) is 20.8. The molecule has 2 aromatic heterocycles. The molecule has 0 fully saturated rings. The number of aryl methyl sites for hydroxylation is 2. The van der Waals surface area contributed by atoms with Crippen LogP contribution < -0.4 is 10.1 Å². The van der Waals surface area contributed by atoms with Gasteiger partial charge in [0.2, 0.25) is 0 Å². The lowest BCUT2D eigenvalue weighted by Crippen LogP contribution is -2.43. The monoisotopic (exact) mass is 510 g/mol.